The molecule has 7 atom stereocenters. The molecule has 9 rings (SSSR count). The molecule has 2 amide bonds. The molecule has 2 aliphatic rings. The Hall–Kier alpha value is -7.57. The van der Waals surface area contributed by atoms with Gasteiger partial charge >= 0.3 is 12.4 Å². The Balaban J connectivity index is 1.20. The molecule has 1 unspecified atom stereocenters. The lowest BCUT2D eigenvalue weighted by atomic mass is 9.78. The van der Waals surface area contributed by atoms with E-state index in [4.69, 9.17) is 44.8 Å². The first-order chi connectivity index (χ1) is 38.3. The highest BCUT2D eigenvalue weighted by Gasteiger charge is 2.71. The average Bonchev–Trinajstić information content (AvgIpc) is 4.25. The Morgan fingerprint density at radius 1 is 0.875 bits per heavy atom. The molecule has 0 radical (unpaired) electrons. The van der Waals surface area contributed by atoms with Crippen LogP contribution in [0.1, 0.15) is 72.6 Å². The molecule has 418 valence electrons. The third kappa shape index (κ3) is 11.4. The molecule has 2 saturated heterocycles. The quantitative estimate of drug-likeness (QED) is 0.0221. The van der Waals surface area contributed by atoms with Crippen LogP contribution in [-0.4, -0.2) is 118 Å². The predicted octanol–water partition coefficient (Wildman–Crippen LogP) is 4.77. The highest BCUT2D eigenvalue weighted by Crippen LogP contribution is 2.57. The van der Waals surface area contributed by atoms with E-state index in [1.54, 1.807) is 105 Å². The first-order valence-electron chi connectivity index (χ1n) is 25.0. The van der Waals surface area contributed by atoms with Crippen molar-refractivity contribution in [1.29, 1.82) is 5.26 Å². The number of fused-ring (bicyclic) bond motifs is 1. The number of nitrogens with one attached hydrogen (secondary N) is 3. The van der Waals surface area contributed by atoms with Crippen molar-refractivity contribution < 1.29 is 62.5 Å². The smallest absolute Gasteiger partial charge is 0.351 e. The van der Waals surface area contributed by atoms with Crippen molar-refractivity contribution in [3.63, 3.8) is 0 Å². The Morgan fingerprint density at radius 3 is 2.09 bits per heavy atom. The van der Waals surface area contributed by atoms with Crippen molar-refractivity contribution in [3.8, 4) is 17.6 Å². The molecular weight excluding hydrogens is 1080 g/mol. The minimum atomic E-state index is -5.13. The van der Waals surface area contributed by atoms with Crippen molar-refractivity contribution in [2.75, 3.05) is 38.1 Å². The maximum absolute atomic E-state index is 14.2. The van der Waals surface area contributed by atoms with E-state index in [0.29, 0.717) is 28.2 Å². The fourth-order valence-electron chi connectivity index (χ4n) is 9.87. The van der Waals surface area contributed by atoms with Gasteiger partial charge in [0.1, 0.15) is 47.6 Å². The summed E-state index contributed by atoms with van der Waals surface area (Å²) in [5, 5.41) is 41.4. The van der Waals surface area contributed by atoms with Gasteiger partial charge in [-0.1, -0.05) is 86.6 Å². The van der Waals surface area contributed by atoms with Gasteiger partial charge in [0, 0.05) is 30.5 Å². The molecule has 0 spiro atoms. The summed E-state index contributed by atoms with van der Waals surface area (Å²) in [6, 6.07) is 34.6. The van der Waals surface area contributed by atoms with E-state index < -0.39 is 116 Å². The van der Waals surface area contributed by atoms with Gasteiger partial charge in [-0.25, -0.2) is 9.78 Å². The number of nitriles is 1. The maximum atomic E-state index is 14.2. The molecule has 4 aromatic carbocycles. The Labute approximate surface area is 461 Å². The number of H-pyrrole nitrogens is 1. The second-order valence-electron chi connectivity index (χ2n) is 19.0. The molecule has 80 heavy (non-hydrogen) atoms. The van der Waals surface area contributed by atoms with E-state index in [1.165, 1.54) is 37.4 Å². The molecule has 26 heteroatoms. The number of rotatable bonds is 21. The average molecular weight is 1130 g/mol. The van der Waals surface area contributed by atoms with Gasteiger partial charge < -0.3 is 53.7 Å². The summed E-state index contributed by atoms with van der Waals surface area (Å²) in [5.41, 5.74) is -4.58. The number of aliphatic hydroxyl groups excluding tert-OH is 1. The van der Waals surface area contributed by atoms with Gasteiger partial charge in [0.2, 0.25) is 17.6 Å². The maximum Gasteiger partial charge on any atom is 0.351 e. The van der Waals surface area contributed by atoms with E-state index in [9.17, 15) is 44.4 Å². The standard InChI is InChI=1S/C54H56N9O15PS/c1-32(2)47(65)60-50-59-46-44(49(67)61-50)56-31-63(46)42-28-39(64)45(77-42)54(74-27-11-25-55,78-79(70,71)80)52(69)29-43(62-26-24-41(58-51(62)68)57-48(66)33-12-7-5-8-13-33)76-40(52)30-75-53(34-14-9-6-10-15-34,35-16-20-37(72-3)21-17-35)36-18-22-38(73-4)23-19-36/h5-10,12-24,26,31-32,39-40,42-43,45,64,69H,11,27-30H2,1-4H3,(H2,70,71,80)(H,57,58,66,68)(H2,59,60,61,65,67)/t39-,40+,42+,43+,45-,52+,54?/m0/s1. The molecule has 3 aromatic heterocycles. The van der Waals surface area contributed by atoms with E-state index in [-0.39, 0.29) is 28.5 Å². The Morgan fingerprint density at radius 2 is 1.50 bits per heavy atom. The van der Waals surface area contributed by atoms with Gasteiger partial charge in [-0.15, -0.1) is 0 Å². The number of benzene rings is 4. The summed E-state index contributed by atoms with van der Waals surface area (Å²) >= 11 is 5.16. The van der Waals surface area contributed by atoms with Gasteiger partial charge in [-0.3, -0.25) is 38.3 Å². The number of nitrogens with zero attached hydrogens (tertiary/aromatic N) is 6. The van der Waals surface area contributed by atoms with Crippen LogP contribution in [0.4, 0.5) is 11.8 Å². The van der Waals surface area contributed by atoms with Crippen molar-refractivity contribution in [2.45, 2.75) is 80.9 Å². The van der Waals surface area contributed by atoms with Gasteiger partial charge in [-0.05, 0) is 71.0 Å². The first-order valence-corrected chi connectivity index (χ1v) is 27.7. The third-order valence-electron chi connectivity index (χ3n) is 13.7. The molecule has 0 saturated carbocycles. The van der Waals surface area contributed by atoms with Gasteiger partial charge in [-0.2, -0.15) is 15.2 Å². The van der Waals surface area contributed by atoms with Crippen LogP contribution in [-0.2, 0) is 45.7 Å². The molecule has 0 aliphatic carbocycles. The summed E-state index contributed by atoms with van der Waals surface area (Å²) in [5.74, 6) is -3.92. The van der Waals surface area contributed by atoms with Crippen LogP contribution < -0.4 is 31.4 Å². The number of hydrogen-bond acceptors (Lipinski definition) is 18. The van der Waals surface area contributed by atoms with E-state index in [1.807, 2.05) is 24.3 Å². The number of carbonyl (C=O) groups is 2. The number of amides is 2. The highest BCUT2D eigenvalue weighted by atomic mass is 32.5. The minimum absolute atomic E-state index is 0.115. The molecule has 0 bridgehead atoms. The summed E-state index contributed by atoms with van der Waals surface area (Å²) in [4.78, 5) is 91.3. The number of imidazole rings is 1. The number of aromatic nitrogens is 6. The monoisotopic (exact) mass is 1130 g/mol. The largest absolute Gasteiger partial charge is 0.497 e. The van der Waals surface area contributed by atoms with Crippen molar-refractivity contribution >= 4 is 53.3 Å². The van der Waals surface area contributed by atoms with Crippen molar-refractivity contribution in [1.82, 2.24) is 29.1 Å². The summed E-state index contributed by atoms with van der Waals surface area (Å²) < 4.78 is 46.4. The van der Waals surface area contributed by atoms with Crippen LogP contribution in [0.15, 0.2) is 137 Å². The molecular formula is C54H56N9O15PS. The molecule has 2 fully saturated rings. The van der Waals surface area contributed by atoms with Gasteiger partial charge in [0.15, 0.2) is 16.8 Å². The lowest BCUT2D eigenvalue weighted by Gasteiger charge is -2.50. The second-order valence-corrected chi connectivity index (χ2v) is 21.6. The number of hydrogen-bond donors (Lipinski definition) is 7. The van der Waals surface area contributed by atoms with Gasteiger partial charge in [0.25, 0.3) is 11.5 Å². The fraction of sp³-hybridized carbons (Fsp3) is 0.333. The molecule has 2 aliphatic heterocycles. The molecule has 7 N–H and O–H groups in total. The lowest BCUT2D eigenvalue weighted by molar-refractivity contribution is -0.348. The second kappa shape index (κ2) is 23.6. The van der Waals surface area contributed by atoms with Crippen LogP contribution in [0.25, 0.3) is 11.2 Å². The SMILES string of the molecule is COc1ccc(C(OC[C@H]2O[C@@H](n3ccc(NC(=O)c4ccccc4)nc3=O)C[C@]2(O)C(OCCC#N)(OP(O)(O)=S)[C@H]2O[C@@H](n3cnc4c(=O)[nH]c(NC(=O)C(C)C)nc43)C[C@@H]2O)(c2ccccc2)c2ccc(OC)cc2)cc1. The zero-order valence-corrected chi connectivity index (χ0v) is 45.2. The van der Waals surface area contributed by atoms with Crippen molar-refractivity contribution in [3.05, 3.63) is 171 Å². The summed E-state index contributed by atoms with van der Waals surface area (Å²) in [6.07, 6.45) is -7.72. The number of ether oxygens (including phenoxy) is 6. The van der Waals surface area contributed by atoms with Crippen LogP contribution in [0, 0.1) is 17.2 Å². The molecule has 24 nitrogen and oxygen atoms in total. The number of carbonyl (C=O) groups excluding carboxylic acids is 2. The zero-order chi connectivity index (χ0) is 57.0. The fourth-order valence-corrected chi connectivity index (χ4v) is 10.9. The van der Waals surface area contributed by atoms with Gasteiger partial charge in [0.05, 0.1) is 52.4 Å². The summed E-state index contributed by atoms with van der Waals surface area (Å²) in [7, 11) is 3.03. The molecule has 7 aromatic rings. The van der Waals surface area contributed by atoms with Crippen molar-refractivity contribution in [2.24, 2.45) is 5.92 Å². The lowest BCUT2D eigenvalue weighted by Crippen LogP contribution is -2.70. The minimum Gasteiger partial charge on any atom is -0.497 e. The topological polar surface area (TPSA) is 326 Å². The van der Waals surface area contributed by atoms with E-state index in [2.05, 4.69) is 30.6 Å². The van der Waals surface area contributed by atoms with Crippen LogP contribution in [0.5, 0.6) is 11.5 Å². The van der Waals surface area contributed by atoms with Crippen LogP contribution in [0.3, 0.4) is 0 Å². The third-order valence-corrected chi connectivity index (χ3v) is 14.5. The highest BCUT2D eigenvalue weighted by molar-refractivity contribution is 8.06. The number of anilines is 2. The van der Waals surface area contributed by atoms with Crippen LogP contribution in [0.2, 0.25) is 0 Å². The summed E-state index contributed by atoms with van der Waals surface area (Å²) in [6.45, 7) is -3.17. The normalized spacial score (nSPS) is 21.0. The Bertz CT molecular complexity index is 3510. The number of aliphatic hydroxyl groups is 2. The predicted molar refractivity (Wildman–Crippen MR) is 290 cm³/mol. The zero-order valence-electron chi connectivity index (χ0n) is 43.4. The first kappa shape index (κ1) is 57.1. The van der Waals surface area contributed by atoms with Crippen LogP contribution >= 0.6 is 6.72 Å². The Kier molecular flexibility index (Phi) is 16.9. The van der Waals surface area contributed by atoms with E-state index in [0.717, 1.165) is 4.57 Å². The number of aromatic amines is 1. The number of methoxy groups -OCH3 is 2. The molecule has 5 heterocycles. The van der Waals surface area contributed by atoms with E-state index >= 15 is 0 Å².